The molecule has 9 heteroatoms. The maximum Gasteiger partial charge on any atom is 0.300 e. The zero-order chi connectivity index (χ0) is 17.4. The quantitative estimate of drug-likeness (QED) is 0.382. The Labute approximate surface area is 120 Å². The molecule has 0 aliphatic carbocycles. The Morgan fingerprint density at radius 1 is 0.810 bits per heavy atom. The number of aromatic hydroxyl groups is 1. The summed E-state index contributed by atoms with van der Waals surface area (Å²) in [5, 5.41) is 39.0. The predicted molar refractivity (Wildman–Crippen MR) is 71.3 cm³/mol. The molecule has 0 heterocycles. The predicted octanol–water partition coefficient (Wildman–Crippen LogP) is 1.52. The molecule has 120 valence electrons. The van der Waals surface area contributed by atoms with Gasteiger partial charge in [0.15, 0.2) is 5.75 Å². The highest BCUT2D eigenvalue weighted by Crippen LogP contribution is 2.14. The molecular weight excluding hydrogens is 288 g/mol. The van der Waals surface area contributed by atoms with Crippen molar-refractivity contribution in [3.63, 3.8) is 0 Å². The SMILES string of the molecule is CC(=O)O.CC(=O)O.CC(=O)O.OOc1ccc(O)cc1. The average molecular weight is 306 g/mol. The van der Waals surface area contributed by atoms with E-state index in [0.29, 0.717) is 5.75 Å². The van der Waals surface area contributed by atoms with Gasteiger partial charge in [0.05, 0.1) is 0 Å². The first-order chi connectivity index (χ1) is 9.52. The Morgan fingerprint density at radius 3 is 1.24 bits per heavy atom. The Hall–Kier alpha value is -2.81. The summed E-state index contributed by atoms with van der Waals surface area (Å²) in [4.78, 5) is 30.9. The number of carboxylic acids is 3. The van der Waals surface area contributed by atoms with Gasteiger partial charge in [-0.25, -0.2) is 5.26 Å². The molecule has 0 radical (unpaired) electrons. The molecule has 0 saturated heterocycles. The molecule has 0 fully saturated rings. The minimum absolute atomic E-state index is 0.149. The van der Waals surface area contributed by atoms with Crippen molar-refractivity contribution >= 4 is 17.9 Å². The molecule has 0 spiro atoms. The van der Waals surface area contributed by atoms with Gasteiger partial charge in [0.25, 0.3) is 17.9 Å². The fourth-order valence-electron chi connectivity index (χ4n) is 0.507. The minimum Gasteiger partial charge on any atom is -0.508 e. The van der Waals surface area contributed by atoms with E-state index in [1.165, 1.54) is 24.3 Å². The molecule has 5 N–H and O–H groups in total. The summed E-state index contributed by atoms with van der Waals surface area (Å²) < 4.78 is 0. The van der Waals surface area contributed by atoms with E-state index in [1.54, 1.807) is 0 Å². The van der Waals surface area contributed by atoms with Crippen molar-refractivity contribution in [3.8, 4) is 11.5 Å². The normalized spacial score (nSPS) is 7.43. The van der Waals surface area contributed by atoms with Crippen LogP contribution in [0.15, 0.2) is 24.3 Å². The second kappa shape index (κ2) is 15.2. The lowest BCUT2D eigenvalue weighted by molar-refractivity contribution is -0.137. The zero-order valence-electron chi connectivity index (χ0n) is 11.7. The summed E-state index contributed by atoms with van der Waals surface area (Å²) >= 11 is 0. The Kier molecular flexibility index (Phi) is 16.9. The Balaban J connectivity index is -0.000000230. The van der Waals surface area contributed by atoms with Gasteiger partial charge in [-0.2, -0.15) is 0 Å². The molecule has 0 aliphatic heterocycles. The van der Waals surface area contributed by atoms with E-state index in [1.807, 2.05) is 0 Å². The van der Waals surface area contributed by atoms with Crippen LogP contribution in [0, 0.1) is 0 Å². The van der Waals surface area contributed by atoms with E-state index in [9.17, 15) is 0 Å². The highest BCUT2D eigenvalue weighted by Gasteiger charge is 1.89. The highest BCUT2D eigenvalue weighted by atomic mass is 17.1. The van der Waals surface area contributed by atoms with Gasteiger partial charge in [0.1, 0.15) is 5.75 Å². The number of phenols is 1. The maximum absolute atomic E-state index is 9.00. The molecule has 0 saturated carbocycles. The van der Waals surface area contributed by atoms with Gasteiger partial charge in [-0.05, 0) is 24.3 Å². The fourth-order valence-corrected chi connectivity index (χ4v) is 0.507. The molecule has 0 aliphatic rings. The topological polar surface area (TPSA) is 162 Å². The van der Waals surface area contributed by atoms with Crippen LogP contribution in [-0.2, 0) is 14.4 Å². The number of phenolic OH excluding ortho intramolecular Hbond substituents is 1. The summed E-state index contributed by atoms with van der Waals surface area (Å²) in [6.07, 6.45) is 0. The van der Waals surface area contributed by atoms with Crippen molar-refractivity contribution in [1.82, 2.24) is 0 Å². The molecule has 0 unspecified atom stereocenters. The summed E-state index contributed by atoms with van der Waals surface area (Å²) in [6, 6.07) is 5.75. The van der Waals surface area contributed by atoms with E-state index in [-0.39, 0.29) is 5.75 Å². The van der Waals surface area contributed by atoms with Gasteiger partial charge in [0.2, 0.25) is 0 Å². The summed E-state index contributed by atoms with van der Waals surface area (Å²) in [7, 11) is 0. The van der Waals surface area contributed by atoms with E-state index < -0.39 is 17.9 Å². The molecular formula is C12H18O9. The monoisotopic (exact) mass is 306 g/mol. The lowest BCUT2D eigenvalue weighted by atomic mass is 10.3. The van der Waals surface area contributed by atoms with Gasteiger partial charge < -0.3 is 25.3 Å². The van der Waals surface area contributed by atoms with Crippen molar-refractivity contribution in [1.29, 1.82) is 0 Å². The van der Waals surface area contributed by atoms with E-state index in [0.717, 1.165) is 20.8 Å². The van der Waals surface area contributed by atoms with Gasteiger partial charge in [-0.15, -0.1) is 0 Å². The fraction of sp³-hybridized carbons (Fsp3) is 0.250. The molecule has 21 heavy (non-hydrogen) atoms. The van der Waals surface area contributed by atoms with Crippen molar-refractivity contribution < 1.29 is 45.0 Å². The number of hydrogen-bond donors (Lipinski definition) is 5. The Morgan fingerprint density at radius 2 is 1.05 bits per heavy atom. The number of benzene rings is 1. The first kappa shape index (κ1) is 23.3. The number of aliphatic carboxylic acids is 3. The number of rotatable bonds is 1. The lowest BCUT2D eigenvalue weighted by Crippen LogP contribution is -1.80. The summed E-state index contributed by atoms with van der Waals surface area (Å²) in [5.41, 5.74) is 0. The third kappa shape index (κ3) is 47.0. The second-order valence-corrected chi connectivity index (χ2v) is 3.14. The van der Waals surface area contributed by atoms with E-state index >= 15 is 0 Å². The van der Waals surface area contributed by atoms with Crippen molar-refractivity contribution in [3.05, 3.63) is 24.3 Å². The van der Waals surface area contributed by atoms with Crippen LogP contribution in [0.2, 0.25) is 0 Å². The van der Waals surface area contributed by atoms with Gasteiger partial charge in [0, 0.05) is 20.8 Å². The first-order valence-electron chi connectivity index (χ1n) is 5.21. The number of carbonyl (C=O) groups is 3. The average Bonchev–Trinajstić information content (AvgIpc) is 2.27. The summed E-state index contributed by atoms with van der Waals surface area (Å²) in [6.45, 7) is 3.25. The van der Waals surface area contributed by atoms with E-state index in [2.05, 4.69) is 4.89 Å². The van der Waals surface area contributed by atoms with Crippen LogP contribution in [-0.4, -0.2) is 43.6 Å². The molecule has 9 nitrogen and oxygen atoms in total. The Bertz CT molecular complexity index is 371. The largest absolute Gasteiger partial charge is 0.508 e. The molecule has 1 aromatic rings. The standard InChI is InChI=1S/C6H6O3.3C2H4O2/c7-5-1-3-6(9-8)4-2-5;3*1-2(3)4/h1-4,7-8H;3*1H3,(H,3,4). The lowest BCUT2D eigenvalue weighted by Gasteiger charge is -1.93. The van der Waals surface area contributed by atoms with Gasteiger partial charge in [-0.3, -0.25) is 14.4 Å². The van der Waals surface area contributed by atoms with Crippen LogP contribution in [0.25, 0.3) is 0 Å². The molecule has 0 aromatic heterocycles. The zero-order valence-corrected chi connectivity index (χ0v) is 11.7. The van der Waals surface area contributed by atoms with Crippen LogP contribution in [0.5, 0.6) is 11.5 Å². The second-order valence-electron chi connectivity index (χ2n) is 3.14. The number of hydrogen-bond acceptors (Lipinski definition) is 6. The molecule has 0 atom stereocenters. The van der Waals surface area contributed by atoms with Crippen LogP contribution in [0.1, 0.15) is 20.8 Å². The third-order valence-electron chi connectivity index (χ3n) is 0.942. The summed E-state index contributed by atoms with van der Waals surface area (Å²) in [5.74, 6) is -2.04. The molecule has 0 bridgehead atoms. The van der Waals surface area contributed by atoms with Crippen LogP contribution in [0.4, 0.5) is 0 Å². The first-order valence-corrected chi connectivity index (χ1v) is 5.21. The van der Waals surface area contributed by atoms with Gasteiger partial charge >= 0.3 is 0 Å². The van der Waals surface area contributed by atoms with Crippen LogP contribution >= 0.6 is 0 Å². The molecule has 1 aromatic carbocycles. The van der Waals surface area contributed by atoms with Crippen molar-refractivity contribution in [2.75, 3.05) is 0 Å². The maximum atomic E-state index is 9.00. The third-order valence-corrected chi connectivity index (χ3v) is 0.942. The van der Waals surface area contributed by atoms with Crippen LogP contribution < -0.4 is 4.89 Å². The van der Waals surface area contributed by atoms with Crippen LogP contribution in [0.3, 0.4) is 0 Å². The van der Waals surface area contributed by atoms with E-state index in [4.69, 9.17) is 40.1 Å². The molecule has 0 amide bonds. The minimum atomic E-state index is -0.833. The number of carboxylic acid groups (broad SMARTS) is 3. The smallest absolute Gasteiger partial charge is 0.300 e. The highest BCUT2D eigenvalue weighted by molar-refractivity contribution is 5.63. The van der Waals surface area contributed by atoms with Gasteiger partial charge in [-0.1, -0.05) is 0 Å². The van der Waals surface area contributed by atoms with Crippen molar-refractivity contribution in [2.45, 2.75) is 20.8 Å². The van der Waals surface area contributed by atoms with Crippen molar-refractivity contribution in [2.24, 2.45) is 0 Å². The molecule has 1 rings (SSSR count).